The zero-order valence-electron chi connectivity index (χ0n) is 15.1. The lowest BCUT2D eigenvalue weighted by atomic mass is 10.0. The standard InChI is InChI=1S/C19H23N3O4/c1-13(23)26-18(14-7-5-4-6-8-14)16-11-17(24)15(19(20)25)12-22(16)10-9-21(2)3/h4-8,11-12,18H,9-10H2,1-3H3,(H2,20,25)/t18-/m0/s1. The summed E-state index contributed by atoms with van der Waals surface area (Å²) in [5.41, 5.74) is 5.93. The molecule has 0 bridgehead atoms. The molecule has 2 N–H and O–H groups in total. The fraction of sp³-hybridized carbons (Fsp3) is 0.316. The van der Waals surface area contributed by atoms with Gasteiger partial charge in [-0.2, -0.15) is 0 Å². The smallest absolute Gasteiger partial charge is 0.303 e. The Morgan fingerprint density at radius 1 is 1.23 bits per heavy atom. The first-order valence-corrected chi connectivity index (χ1v) is 8.20. The first kappa shape index (κ1) is 19.4. The molecule has 7 heteroatoms. The average Bonchev–Trinajstić information content (AvgIpc) is 2.58. The topological polar surface area (TPSA) is 94.6 Å². The summed E-state index contributed by atoms with van der Waals surface area (Å²) in [5, 5.41) is 0. The van der Waals surface area contributed by atoms with Crippen LogP contribution in [0.1, 0.15) is 34.6 Å². The molecule has 0 spiro atoms. The number of nitrogens with zero attached hydrogens (tertiary/aromatic N) is 2. The van der Waals surface area contributed by atoms with E-state index < -0.39 is 23.4 Å². The number of hydrogen-bond acceptors (Lipinski definition) is 5. The molecule has 1 amide bonds. The number of amides is 1. The summed E-state index contributed by atoms with van der Waals surface area (Å²) in [6.45, 7) is 2.47. The van der Waals surface area contributed by atoms with Crippen LogP contribution in [-0.4, -0.2) is 42.0 Å². The molecule has 138 valence electrons. The Balaban J connectivity index is 2.61. The van der Waals surface area contributed by atoms with Gasteiger partial charge in [0.05, 0.1) is 5.69 Å². The van der Waals surface area contributed by atoms with Crippen LogP contribution in [0.3, 0.4) is 0 Å². The molecule has 0 radical (unpaired) electrons. The molecule has 1 atom stereocenters. The highest BCUT2D eigenvalue weighted by Gasteiger charge is 2.23. The Kier molecular flexibility index (Phi) is 6.30. The summed E-state index contributed by atoms with van der Waals surface area (Å²) < 4.78 is 7.24. The van der Waals surface area contributed by atoms with Crippen molar-refractivity contribution in [1.82, 2.24) is 9.47 Å². The van der Waals surface area contributed by atoms with Gasteiger partial charge in [-0.1, -0.05) is 30.3 Å². The molecule has 0 fully saturated rings. The second-order valence-corrected chi connectivity index (χ2v) is 6.24. The largest absolute Gasteiger partial charge is 0.451 e. The molecule has 1 aromatic carbocycles. The molecule has 0 aliphatic rings. The van der Waals surface area contributed by atoms with Crippen LogP contribution in [0.15, 0.2) is 47.4 Å². The maximum Gasteiger partial charge on any atom is 0.303 e. The second-order valence-electron chi connectivity index (χ2n) is 6.24. The lowest BCUT2D eigenvalue weighted by molar-refractivity contribution is -0.145. The molecule has 2 rings (SSSR count). The third-order valence-electron chi connectivity index (χ3n) is 3.87. The van der Waals surface area contributed by atoms with Gasteiger partial charge in [-0.3, -0.25) is 14.4 Å². The minimum Gasteiger partial charge on any atom is -0.451 e. The van der Waals surface area contributed by atoms with Gasteiger partial charge in [0.2, 0.25) is 0 Å². The van der Waals surface area contributed by atoms with Gasteiger partial charge in [0.15, 0.2) is 11.5 Å². The number of carbonyl (C=O) groups excluding carboxylic acids is 2. The van der Waals surface area contributed by atoms with Gasteiger partial charge < -0.3 is 19.9 Å². The van der Waals surface area contributed by atoms with Gasteiger partial charge in [-0.15, -0.1) is 0 Å². The number of carbonyl (C=O) groups is 2. The second kappa shape index (κ2) is 8.44. The normalized spacial score (nSPS) is 12.0. The van der Waals surface area contributed by atoms with Crippen molar-refractivity contribution in [1.29, 1.82) is 0 Å². The molecular formula is C19H23N3O4. The summed E-state index contributed by atoms with van der Waals surface area (Å²) in [4.78, 5) is 37.5. The average molecular weight is 357 g/mol. The van der Waals surface area contributed by atoms with E-state index in [1.54, 1.807) is 4.57 Å². The van der Waals surface area contributed by atoms with Crippen LogP contribution in [0.5, 0.6) is 0 Å². The first-order chi connectivity index (χ1) is 12.3. The summed E-state index contributed by atoms with van der Waals surface area (Å²) in [6.07, 6.45) is 0.675. The van der Waals surface area contributed by atoms with Gasteiger partial charge in [0.25, 0.3) is 5.91 Å². The van der Waals surface area contributed by atoms with Crippen molar-refractivity contribution in [2.24, 2.45) is 5.73 Å². The van der Waals surface area contributed by atoms with E-state index in [4.69, 9.17) is 10.5 Å². The Morgan fingerprint density at radius 3 is 2.42 bits per heavy atom. The maximum atomic E-state index is 12.3. The van der Waals surface area contributed by atoms with E-state index in [0.717, 1.165) is 5.56 Å². The predicted octanol–water partition coefficient (Wildman–Crippen LogP) is 1.16. The van der Waals surface area contributed by atoms with E-state index in [0.29, 0.717) is 18.8 Å². The highest BCUT2D eigenvalue weighted by atomic mass is 16.5. The number of pyridine rings is 1. The van der Waals surface area contributed by atoms with Crippen LogP contribution in [-0.2, 0) is 16.1 Å². The molecule has 0 unspecified atom stereocenters. The van der Waals surface area contributed by atoms with Crippen molar-refractivity contribution >= 4 is 11.9 Å². The predicted molar refractivity (Wildman–Crippen MR) is 97.8 cm³/mol. The minimum atomic E-state index is -0.788. The van der Waals surface area contributed by atoms with Crippen LogP contribution in [0, 0.1) is 0 Å². The number of hydrogen-bond donors (Lipinski definition) is 1. The van der Waals surface area contributed by atoms with Crippen molar-refractivity contribution in [3.63, 3.8) is 0 Å². The van der Waals surface area contributed by atoms with Gasteiger partial charge >= 0.3 is 5.97 Å². The van der Waals surface area contributed by atoms with Gasteiger partial charge in [0.1, 0.15) is 5.56 Å². The summed E-state index contributed by atoms with van der Waals surface area (Å²) in [7, 11) is 3.83. The number of benzene rings is 1. The van der Waals surface area contributed by atoms with E-state index in [9.17, 15) is 14.4 Å². The molecule has 0 aliphatic heterocycles. The SMILES string of the molecule is CC(=O)O[C@@H](c1ccccc1)c1cc(=O)c(C(N)=O)cn1CCN(C)C. The third-order valence-corrected chi connectivity index (χ3v) is 3.87. The number of nitrogens with two attached hydrogens (primary N) is 1. The zero-order chi connectivity index (χ0) is 19.3. The van der Waals surface area contributed by atoms with E-state index in [-0.39, 0.29) is 5.56 Å². The minimum absolute atomic E-state index is 0.0952. The lowest BCUT2D eigenvalue weighted by Crippen LogP contribution is -2.29. The van der Waals surface area contributed by atoms with Gasteiger partial charge in [-0.25, -0.2) is 0 Å². The number of ether oxygens (including phenoxy) is 1. The van der Waals surface area contributed by atoms with E-state index in [1.165, 1.54) is 19.2 Å². The molecule has 0 aliphatic carbocycles. The van der Waals surface area contributed by atoms with Crippen molar-refractivity contribution in [2.75, 3.05) is 20.6 Å². The highest BCUT2D eigenvalue weighted by Crippen LogP contribution is 2.25. The van der Waals surface area contributed by atoms with Crippen LogP contribution < -0.4 is 11.2 Å². The summed E-state index contributed by atoms with van der Waals surface area (Å²) in [5.74, 6) is -1.26. The Hall–Kier alpha value is -2.93. The van der Waals surface area contributed by atoms with Crippen molar-refractivity contribution in [3.8, 4) is 0 Å². The molecule has 2 aromatic rings. The number of likely N-dealkylation sites (N-methyl/N-ethyl adjacent to an activating group) is 1. The van der Waals surface area contributed by atoms with Gasteiger partial charge in [-0.05, 0) is 19.7 Å². The monoisotopic (exact) mass is 357 g/mol. The Morgan fingerprint density at radius 2 is 1.88 bits per heavy atom. The van der Waals surface area contributed by atoms with Gasteiger partial charge in [0, 0.05) is 32.3 Å². The van der Waals surface area contributed by atoms with Crippen LogP contribution in [0.4, 0.5) is 0 Å². The van der Waals surface area contributed by atoms with E-state index in [2.05, 4.69) is 0 Å². The zero-order valence-corrected chi connectivity index (χ0v) is 15.1. The Labute approximate surface area is 152 Å². The molecular weight excluding hydrogens is 334 g/mol. The molecule has 0 saturated heterocycles. The van der Waals surface area contributed by atoms with E-state index >= 15 is 0 Å². The number of primary amides is 1. The van der Waals surface area contributed by atoms with Crippen molar-refractivity contribution < 1.29 is 14.3 Å². The quantitative estimate of drug-likeness (QED) is 0.751. The van der Waals surface area contributed by atoms with Crippen LogP contribution in [0.2, 0.25) is 0 Å². The Bertz CT molecular complexity index is 844. The number of aromatic nitrogens is 1. The van der Waals surface area contributed by atoms with Crippen molar-refractivity contribution in [3.05, 3.63) is 69.6 Å². The lowest BCUT2D eigenvalue weighted by Gasteiger charge is -2.23. The van der Waals surface area contributed by atoms with E-state index in [1.807, 2.05) is 49.3 Å². The molecule has 7 nitrogen and oxygen atoms in total. The molecule has 26 heavy (non-hydrogen) atoms. The fourth-order valence-corrected chi connectivity index (χ4v) is 2.59. The van der Waals surface area contributed by atoms with Crippen LogP contribution >= 0.6 is 0 Å². The molecule has 1 heterocycles. The first-order valence-electron chi connectivity index (χ1n) is 8.20. The highest BCUT2D eigenvalue weighted by molar-refractivity contribution is 5.92. The molecule has 0 saturated carbocycles. The fourth-order valence-electron chi connectivity index (χ4n) is 2.59. The summed E-state index contributed by atoms with van der Waals surface area (Å²) in [6, 6.07) is 10.4. The third kappa shape index (κ3) is 4.80. The maximum absolute atomic E-state index is 12.3. The van der Waals surface area contributed by atoms with Crippen LogP contribution in [0.25, 0.3) is 0 Å². The number of rotatable bonds is 7. The molecule has 1 aromatic heterocycles. The van der Waals surface area contributed by atoms with Crippen molar-refractivity contribution in [2.45, 2.75) is 19.6 Å². The summed E-state index contributed by atoms with van der Waals surface area (Å²) >= 11 is 0. The number of esters is 1.